The molecule has 1 aromatic heterocycles. The Morgan fingerprint density at radius 3 is 3.05 bits per heavy atom. The Balaban J connectivity index is 1.72. The molecule has 1 saturated heterocycles. The largest absolute Gasteiger partial charge is 0.461 e. The third kappa shape index (κ3) is 4.33. The molecule has 2 rings (SSSR count). The molecule has 1 aromatic rings. The van der Waals surface area contributed by atoms with Gasteiger partial charge in [-0.25, -0.2) is 4.79 Å². The van der Waals surface area contributed by atoms with E-state index in [0.29, 0.717) is 24.8 Å². The molecule has 19 heavy (non-hydrogen) atoms. The molecule has 6 heteroatoms. The molecular formula is C13H20N2O4. The molecule has 0 aliphatic carbocycles. The molecule has 1 aliphatic heterocycles. The van der Waals surface area contributed by atoms with Crippen LogP contribution in [0, 0.1) is 5.92 Å². The van der Waals surface area contributed by atoms with Crippen LogP contribution in [0.4, 0.5) is 0 Å². The van der Waals surface area contributed by atoms with Crippen LogP contribution in [0.25, 0.3) is 0 Å². The van der Waals surface area contributed by atoms with Gasteiger partial charge in [-0.05, 0) is 32.2 Å². The van der Waals surface area contributed by atoms with E-state index in [1.165, 1.54) is 0 Å². The zero-order valence-corrected chi connectivity index (χ0v) is 11.2. The summed E-state index contributed by atoms with van der Waals surface area (Å²) in [6.07, 6.45) is 2.19. The Morgan fingerprint density at radius 1 is 1.53 bits per heavy atom. The normalized spacial score (nSPS) is 16.5. The fraction of sp³-hybridized carbons (Fsp3) is 0.692. The maximum atomic E-state index is 11.4. The summed E-state index contributed by atoms with van der Waals surface area (Å²) >= 11 is 0. The highest BCUT2D eigenvalue weighted by molar-refractivity contribution is 5.87. The molecule has 2 heterocycles. The van der Waals surface area contributed by atoms with Gasteiger partial charge in [-0.3, -0.25) is 0 Å². The zero-order chi connectivity index (χ0) is 13.5. The first-order valence-corrected chi connectivity index (χ1v) is 6.70. The Morgan fingerprint density at radius 2 is 2.32 bits per heavy atom. The molecule has 0 aromatic carbocycles. The first kappa shape index (κ1) is 14.0. The predicted octanol–water partition coefficient (Wildman–Crippen LogP) is 1.37. The van der Waals surface area contributed by atoms with Gasteiger partial charge in [0.05, 0.1) is 13.2 Å². The number of hydrogen-bond acceptors (Lipinski definition) is 6. The Kier molecular flexibility index (Phi) is 5.35. The molecule has 6 nitrogen and oxygen atoms in total. The lowest BCUT2D eigenvalue weighted by Gasteiger charge is -2.21. The predicted molar refractivity (Wildman–Crippen MR) is 67.7 cm³/mol. The van der Waals surface area contributed by atoms with Crippen molar-refractivity contribution in [2.75, 3.05) is 26.4 Å². The molecule has 1 N–H and O–H groups in total. The summed E-state index contributed by atoms with van der Waals surface area (Å²) in [5, 5.41) is 7.00. The maximum absolute atomic E-state index is 11.4. The first-order valence-electron chi connectivity index (χ1n) is 6.70. The van der Waals surface area contributed by atoms with Crippen molar-refractivity contribution >= 4 is 5.97 Å². The lowest BCUT2D eigenvalue weighted by molar-refractivity contribution is 0.0514. The number of esters is 1. The minimum absolute atomic E-state index is 0.227. The molecule has 106 valence electrons. The zero-order valence-electron chi connectivity index (χ0n) is 11.2. The third-order valence-electron chi connectivity index (χ3n) is 3.12. The van der Waals surface area contributed by atoms with Crippen LogP contribution in [0.2, 0.25) is 0 Å². The molecule has 0 bridgehead atoms. The molecule has 1 aliphatic rings. The quantitative estimate of drug-likeness (QED) is 0.785. The van der Waals surface area contributed by atoms with Crippen molar-refractivity contribution in [3.8, 4) is 0 Å². The number of rotatable bonds is 6. The van der Waals surface area contributed by atoms with Gasteiger partial charge in [-0.15, -0.1) is 0 Å². The van der Waals surface area contributed by atoms with Crippen molar-refractivity contribution in [2.24, 2.45) is 5.92 Å². The summed E-state index contributed by atoms with van der Waals surface area (Å²) < 4.78 is 15.2. The van der Waals surface area contributed by atoms with Crippen LogP contribution in [-0.2, 0) is 16.0 Å². The van der Waals surface area contributed by atoms with Crippen LogP contribution in [0.1, 0.15) is 36.0 Å². The monoisotopic (exact) mass is 268 g/mol. The first-order chi connectivity index (χ1) is 9.29. The highest BCUT2D eigenvalue weighted by Gasteiger charge is 2.15. The smallest absolute Gasteiger partial charge is 0.360 e. The van der Waals surface area contributed by atoms with E-state index in [9.17, 15) is 4.79 Å². The van der Waals surface area contributed by atoms with E-state index in [0.717, 1.165) is 32.6 Å². The van der Waals surface area contributed by atoms with Crippen LogP contribution >= 0.6 is 0 Å². The lowest BCUT2D eigenvalue weighted by Crippen LogP contribution is -2.27. The fourth-order valence-corrected chi connectivity index (χ4v) is 2.05. The standard InChI is InChI=1S/C13H20N2O4/c1-2-18-13(16)12-7-11(19-15-12)9-14-8-10-3-5-17-6-4-10/h7,10,14H,2-6,8-9H2,1H3. The Labute approximate surface area is 112 Å². The van der Waals surface area contributed by atoms with Crippen molar-refractivity contribution < 1.29 is 18.8 Å². The summed E-state index contributed by atoms with van der Waals surface area (Å²) in [6.45, 7) is 5.29. The Hall–Kier alpha value is -1.40. The minimum atomic E-state index is -0.443. The number of hydrogen-bond donors (Lipinski definition) is 1. The lowest BCUT2D eigenvalue weighted by atomic mass is 10.0. The van der Waals surface area contributed by atoms with Gasteiger partial charge in [0.2, 0.25) is 0 Å². The minimum Gasteiger partial charge on any atom is -0.461 e. The molecule has 0 radical (unpaired) electrons. The van der Waals surface area contributed by atoms with E-state index in [-0.39, 0.29) is 5.69 Å². The molecule has 0 unspecified atom stereocenters. The topological polar surface area (TPSA) is 73.6 Å². The van der Waals surface area contributed by atoms with Crippen molar-refractivity contribution in [1.82, 2.24) is 10.5 Å². The van der Waals surface area contributed by atoms with Crippen molar-refractivity contribution in [3.05, 3.63) is 17.5 Å². The van der Waals surface area contributed by atoms with Gasteiger partial charge in [0.15, 0.2) is 11.5 Å². The number of nitrogens with one attached hydrogen (secondary N) is 1. The van der Waals surface area contributed by atoms with E-state index < -0.39 is 5.97 Å². The highest BCUT2D eigenvalue weighted by Crippen LogP contribution is 2.13. The van der Waals surface area contributed by atoms with E-state index in [1.54, 1.807) is 13.0 Å². The second kappa shape index (κ2) is 7.25. The number of aromatic nitrogens is 1. The van der Waals surface area contributed by atoms with Crippen molar-refractivity contribution in [3.63, 3.8) is 0 Å². The number of carbonyl (C=O) groups is 1. The van der Waals surface area contributed by atoms with Gasteiger partial charge in [-0.2, -0.15) is 0 Å². The van der Waals surface area contributed by atoms with Crippen molar-refractivity contribution in [1.29, 1.82) is 0 Å². The molecule has 0 spiro atoms. The van der Waals surface area contributed by atoms with Gasteiger partial charge >= 0.3 is 5.97 Å². The second-order valence-electron chi connectivity index (χ2n) is 4.59. The molecule has 0 saturated carbocycles. The number of nitrogens with zero attached hydrogens (tertiary/aromatic N) is 1. The van der Waals surface area contributed by atoms with E-state index >= 15 is 0 Å². The van der Waals surface area contributed by atoms with Gasteiger partial charge in [0.1, 0.15) is 0 Å². The van der Waals surface area contributed by atoms with Gasteiger partial charge in [0, 0.05) is 19.3 Å². The third-order valence-corrected chi connectivity index (χ3v) is 3.12. The average Bonchev–Trinajstić information content (AvgIpc) is 2.89. The van der Waals surface area contributed by atoms with E-state index in [4.69, 9.17) is 14.0 Å². The van der Waals surface area contributed by atoms with Crippen LogP contribution < -0.4 is 5.32 Å². The summed E-state index contributed by atoms with van der Waals surface area (Å²) in [6, 6.07) is 1.62. The van der Waals surface area contributed by atoms with Crippen LogP contribution in [0.15, 0.2) is 10.6 Å². The summed E-state index contributed by atoms with van der Waals surface area (Å²) in [5.41, 5.74) is 0.227. The van der Waals surface area contributed by atoms with Crippen LogP contribution in [-0.4, -0.2) is 37.5 Å². The second-order valence-corrected chi connectivity index (χ2v) is 4.59. The summed E-state index contributed by atoms with van der Waals surface area (Å²) in [7, 11) is 0. The average molecular weight is 268 g/mol. The fourth-order valence-electron chi connectivity index (χ4n) is 2.05. The number of carbonyl (C=O) groups excluding carboxylic acids is 1. The highest BCUT2D eigenvalue weighted by atomic mass is 16.5. The van der Waals surface area contributed by atoms with E-state index in [1.807, 2.05) is 0 Å². The molecule has 0 atom stereocenters. The summed E-state index contributed by atoms with van der Waals surface area (Å²) in [4.78, 5) is 11.4. The SMILES string of the molecule is CCOC(=O)c1cc(CNCC2CCOCC2)on1. The Bertz CT molecular complexity index is 399. The van der Waals surface area contributed by atoms with Crippen LogP contribution in [0.3, 0.4) is 0 Å². The maximum Gasteiger partial charge on any atom is 0.360 e. The van der Waals surface area contributed by atoms with Gasteiger partial charge < -0.3 is 19.3 Å². The van der Waals surface area contributed by atoms with Crippen LogP contribution in [0.5, 0.6) is 0 Å². The molecule has 1 fully saturated rings. The molecular weight excluding hydrogens is 248 g/mol. The number of ether oxygens (including phenoxy) is 2. The van der Waals surface area contributed by atoms with E-state index in [2.05, 4.69) is 10.5 Å². The van der Waals surface area contributed by atoms with Gasteiger partial charge in [-0.1, -0.05) is 5.16 Å². The van der Waals surface area contributed by atoms with Gasteiger partial charge in [0.25, 0.3) is 0 Å². The van der Waals surface area contributed by atoms with Crippen molar-refractivity contribution in [2.45, 2.75) is 26.3 Å². The summed E-state index contributed by atoms with van der Waals surface area (Å²) in [5.74, 6) is 0.859. The molecule has 0 amide bonds.